The Balaban J connectivity index is 1.55. The molecule has 3 unspecified atom stereocenters. The highest BCUT2D eigenvalue weighted by Crippen LogP contribution is 2.37. The second-order valence-corrected chi connectivity index (χ2v) is 5.34. The third-order valence-corrected chi connectivity index (χ3v) is 3.81. The molecule has 6 heteroatoms. The lowest BCUT2D eigenvalue weighted by Gasteiger charge is -2.23. The summed E-state index contributed by atoms with van der Waals surface area (Å²) in [5.74, 6) is 0. The normalized spacial score (nSPS) is 28.9. The van der Waals surface area contributed by atoms with Crippen molar-refractivity contribution in [3.05, 3.63) is 29.8 Å². The number of hydrogen-bond donors (Lipinski definition) is 2. The van der Waals surface area contributed by atoms with Gasteiger partial charge in [0.1, 0.15) is 0 Å². The van der Waals surface area contributed by atoms with Crippen molar-refractivity contribution in [2.45, 2.75) is 37.3 Å². The van der Waals surface area contributed by atoms with Crippen molar-refractivity contribution in [1.29, 1.82) is 0 Å². The molecule has 3 atom stereocenters. The van der Waals surface area contributed by atoms with Crippen LogP contribution in [0, 0.1) is 0 Å². The Morgan fingerprint density at radius 2 is 2.00 bits per heavy atom. The predicted octanol–water partition coefficient (Wildman–Crippen LogP) is 2.85. The van der Waals surface area contributed by atoms with E-state index in [1.165, 1.54) is 0 Å². The van der Waals surface area contributed by atoms with Gasteiger partial charge < -0.3 is 15.4 Å². The van der Waals surface area contributed by atoms with Crippen LogP contribution >= 0.6 is 0 Å². The van der Waals surface area contributed by atoms with Crippen molar-refractivity contribution < 1.29 is 17.9 Å². The number of alkyl halides is 3. The predicted molar refractivity (Wildman–Crippen MR) is 69.6 cm³/mol. The van der Waals surface area contributed by atoms with Crippen LogP contribution in [0.15, 0.2) is 24.3 Å². The average Bonchev–Trinajstić information content (AvgIpc) is 3.00. The number of fused-ring (bicyclic) bond motifs is 2. The standard InChI is InChI=1S/C14H17F3N2O/c15-14(16,17)5-6-18-10-3-1-9(2-4-10)13-12-7-11(20-13)8-19-12/h1-4,11-13,18-19H,5-8H2. The van der Waals surface area contributed by atoms with Crippen molar-refractivity contribution in [3.8, 4) is 0 Å². The van der Waals surface area contributed by atoms with Gasteiger partial charge in [-0.1, -0.05) is 12.1 Å². The fourth-order valence-corrected chi connectivity index (χ4v) is 2.82. The van der Waals surface area contributed by atoms with Crippen LogP contribution in [-0.4, -0.2) is 31.4 Å². The molecule has 0 aliphatic carbocycles. The topological polar surface area (TPSA) is 33.3 Å². The zero-order valence-corrected chi connectivity index (χ0v) is 10.9. The summed E-state index contributed by atoms with van der Waals surface area (Å²) in [4.78, 5) is 0. The Kier molecular flexibility index (Phi) is 3.60. The van der Waals surface area contributed by atoms with Gasteiger partial charge in [0, 0.05) is 24.8 Å². The zero-order valence-electron chi connectivity index (χ0n) is 10.9. The highest BCUT2D eigenvalue weighted by molar-refractivity contribution is 5.45. The molecule has 110 valence electrons. The average molecular weight is 286 g/mol. The number of anilines is 1. The number of halogens is 3. The molecular weight excluding hydrogens is 269 g/mol. The third-order valence-electron chi connectivity index (χ3n) is 3.81. The molecule has 2 aliphatic heterocycles. The first-order valence-corrected chi connectivity index (χ1v) is 6.81. The fraction of sp³-hybridized carbons (Fsp3) is 0.571. The van der Waals surface area contributed by atoms with Gasteiger partial charge in [-0.25, -0.2) is 0 Å². The van der Waals surface area contributed by atoms with E-state index in [2.05, 4.69) is 10.6 Å². The van der Waals surface area contributed by atoms with Crippen LogP contribution in [0.2, 0.25) is 0 Å². The molecule has 3 nitrogen and oxygen atoms in total. The van der Waals surface area contributed by atoms with E-state index in [1.54, 1.807) is 12.1 Å². The van der Waals surface area contributed by atoms with Crippen molar-refractivity contribution in [2.24, 2.45) is 0 Å². The molecule has 20 heavy (non-hydrogen) atoms. The Hall–Kier alpha value is -1.27. The molecule has 2 bridgehead atoms. The Labute approximate surface area is 115 Å². The highest BCUT2D eigenvalue weighted by Gasteiger charge is 2.41. The van der Waals surface area contributed by atoms with Gasteiger partial charge >= 0.3 is 6.18 Å². The van der Waals surface area contributed by atoms with E-state index in [1.807, 2.05) is 12.1 Å². The van der Waals surface area contributed by atoms with Gasteiger partial charge in [-0.3, -0.25) is 0 Å². The molecule has 0 amide bonds. The summed E-state index contributed by atoms with van der Waals surface area (Å²) < 4.78 is 42.0. The van der Waals surface area contributed by atoms with Gasteiger partial charge in [0.25, 0.3) is 0 Å². The number of hydrogen-bond acceptors (Lipinski definition) is 3. The van der Waals surface area contributed by atoms with Crippen LogP contribution < -0.4 is 10.6 Å². The summed E-state index contributed by atoms with van der Waals surface area (Å²) in [5.41, 5.74) is 1.78. The minimum atomic E-state index is -4.12. The van der Waals surface area contributed by atoms with Crippen LogP contribution in [0.3, 0.4) is 0 Å². The minimum absolute atomic E-state index is 0.0676. The van der Waals surface area contributed by atoms with Gasteiger partial charge in [0.15, 0.2) is 0 Å². The Morgan fingerprint density at radius 1 is 1.25 bits per heavy atom. The molecule has 2 saturated heterocycles. The molecule has 0 spiro atoms. The van der Waals surface area contributed by atoms with Crippen molar-refractivity contribution in [3.63, 3.8) is 0 Å². The van der Waals surface area contributed by atoms with Crippen molar-refractivity contribution in [1.82, 2.24) is 5.32 Å². The Bertz CT molecular complexity index is 460. The van der Waals surface area contributed by atoms with Gasteiger partial charge in [-0.15, -0.1) is 0 Å². The summed E-state index contributed by atoms with van der Waals surface area (Å²) in [6, 6.07) is 7.82. The number of morpholine rings is 1. The molecule has 3 rings (SSSR count). The summed E-state index contributed by atoms with van der Waals surface area (Å²) >= 11 is 0. The minimum Gasteiger partial charge on any atom is -0.385 e. The van der Waals surface area contributed by atoms with E-state index in [9.17, 15) is 13.2 Å². The first-order valence-electron chi connectivity index (χ1n) is 6.81. The van der Waals surface area contributed by atoms with E-state index in [0.717, 1.165) is 18.5 Å². The molecule has 2 aliphatic rings. The maximum atomic E-state index is 12.0. The van der Waals surface area contributed by atoms with Crippen LogP contribution in [-0.2, 0) is 4.74 Å². The summed E-state index contributed by atoms with van der Waals surface area (Å²) in [6.45, 7) is 0.813. The first kappa shape index (κ1) is 13.7. The molecule has 2 N–H and O–H groups in total. The molecule has 0 saturated carbocycles. The van der Waals surface area contributed by atoms with E-state index in [-0.39, 0.29) is 12.6 Å². The summed E-state index contributed by atoms with van der Waals surface area (Å²) in [7, 11) is 0. The molecular formula is C14H17F3N2O. The van der Waals surface area contributed by atoms with Crippen LogP contribution in [0.4, 0.5) is 18.9 Å². The second-order valence-electron chi connectivity index (χ2n) is 5.34. The summed E-state index contributed by atoms with van der Waals surface area (Å²) in [6.07, 6.45) is -3.53. The number of nitrogens with one attached hydrogen (secondary N) is 2. The van der Waals surface area contributed by atoms with E-state index >= 15 is 0 Å². The molecule has 0 radical (unpaired) electrons. The number of rotatable bonds is 4. The lowest BCUT2D eigenvalue weighted by atomic mass is 10.0. The molecule has 2 fully saturated rings. The molecule has 1 aromatic rings. The maximum Gasteiger partial charge on any atom is 0.390 e. The lowest BCUT2D eigenvalue weighted by molar-refractivity contribution is -0.131. The smallest absolute Gasteiger partial charge is 0.385 e. The largest absolute Gasteiger partial charge is 0.390 e. The molecule has 0 aromatic heterocycles. The van der Waals surface area contributed by atoms with Gasteiger partial charge in [0.05, 0.1) is 18.6 Å². The van der Waals surface area contributed by atoms with Gasteiger partial charge in [-0.05, 0) is 24.1 Å². The van der Waals surface area contributed by atoms with Crippen molar-refractivity contribution in [2.75, 3.05) is 18.4 Å². The fourth-order valence-electron chi connectivity index (χ4n) is 2.82. The maximum absolute atomic E-state index is 12.0. The zero-order chi connectivity index (χ0) is 14.2. The quantitative estimate of drug-likeness (QED) is 0.893. The van der Waals surface area contributed by atoms with Crippen molar-refractivity contribution >= 4 is 5.69 Å². The van der Waals surface area contributed by atoms with E-state index in [0.29, 0.717) is 17.8 Å². The second kappa shape index (κ2) is 5.26. The number of benzene rings is 1. The molecule has 1 aromatic carbocycles. The van der Waals surface area contributed by atoms with Crippen LogP contribution in [0.5, 0.6) is 0 Å². The number of ether oxygens (including phenoxy) is 1. The molecule has 2 heterocycles. The first-order chi connectivity index (χ1) is 9.51. The van der Waals surface area contributed by atoms with Gasteiger partial charge in [-0.2, -0.15) is 13.2 Å². The van der Waals surface area contributed by atoms with E-state index in [4.69, 9.17) is 4.74 Å². The van der Waals surface area contributed by atoms with Crippen LogP contribution in [0.25, 0.3) is 0 Å². The lowest BCUT2D eigenvalue weighted by Crippen LogP contribution is -2.33. The highest BCUT2D eigenvalue weighted by atomic mass is 19.4. The summed E-state index contributed by atoms with van der Waals surface area (Å²) in [5, 5.41) is 6.18. The van der Waals surface area contributed by atoms with Crippen LogP contribution in [0.1, 0.15) is 24.5 Å². The van der Waals surface area contributed by atoms with E-state index < -0.39 is 12.6 Å². The Morgan fingerprint density at radius 3 is 2.55 bits per heavy atom. The monoisotopic (exact) mass is 286 g/mol. The third kappa shape index (κ3) is 3.07. The van der Waals surface area contributed by atoms with Gasteiger partial charge in [0.2, 0.25) is 0 Å². The SMILES string of the molecule is FC(F)(F)CCNc1ccc(C2OC3CNC2C3)cc1.